The third kappa shape index (κ3) is 6.54. The molecular formula is C34H39ClN4O5Si. The van der Waals surface area contributed by atoms with E-state index in [1.165, 1.54) is 6.07 Å². The molecule has 3 heterocycles. The van der Waals surface area contributed by atoms with E-state index in [0.29, 0.717) is 41.0 Å². The third-order valence-electron chi connectivity index (χ3n) is 8.59. The van der Waals surface area contributed by atoms with E-state index in [1.54, 1.807) is 13.0 Å². The first-order chi connectivity index (χ1) is 21.1. The lowest BCUT2D eigenvalue weighted by Crippen LogP contribution is -2.41. The lowest BCUT2D eigenvalue weighted by Gasteiger charge is -2.36. The van der Waals surface area contributed by atoms with Crippen LogP contribution in [0.4, 0.5) is 0 Å². The molecule has 0 bridgehead atoms. The molecule has 0 saturated heterocycles. The van der Waals surface area contributed by atoms with Crippen molar-refractivity contribution in [1.29, 1.82) is 0 Å². The van der Waals surface area contributed by atoms with Crippen LogP contribution in [0.1, 0.15) is 61.0 Å². The summed E-state index contributed by atoms with van der Waals surface area (Å²) in [6.07, 6.45) is 1.37. The van der Waals surface area contributed by atoms with Crippen LogP contribution in [0.5, 0.6) is 5.75 Å². The molecule has 0 radical (unpaired) electrons. The quantitative estimate of drug-likeness (QED) is 0.128. The lowest BCUT2D eigenvalue weighted by atomic mass is 9.99. The maximum absolute atomic E-state index is 13.7. The van der Waals surface area contributed by atoms with Crippen LogP contribution in [0.25, 0.3) is 33.2 Å². The van der Waals surface area contributed by atoms with Gasteiger partial charge in [-0.25, -0.2) is 4.98 Å². The number of ether oxygens (including phenoxy) is 1. The summed E-state index contributed by atoms with van der Waals surface area (Å²) >= 11 is 5.98. The number of amides is 1. The number of nitrogens with two attached hydrogens (primary N) is 1. The van der Waals surface area contributed by atoms with Crippen molar-refractivity contribution < 1.29 is 18.4 Å². The molecule has 0 unspecified atom stereocenters. The SMILES string of the molecule is Cc1cc([C@@H](C)Oc2ccc(Cl)nc2C(N)=O)c2oc(-c3ccc4nn(CCO[Si](C)(C)C(C)(C)C)cc4c3)c(C)c(=O)c2c1. The zero-order valence-electron chi connectivity index (χ0n) is 26.9. The number of hydrogen-bond donors (Lipinski definition) is 1. The number of rotatable bonds is 9. The van der Waals surface area contributed by atoms with E-state index in [2.05, 4.69) is 38.8 Å². The van der Waals surface area contributed by atoms with Gasteiger partial charge in [0.05, 0.1) is 24.1 Å². The second-order valence-electron chi connectivity index (χ2n) is 13.0. The molecule has 2 N–H and O–H groups in total. The highest BCUT2D eigenvalue weighted by Crippen LogP contribution is 2.37. The minimum atomic E-state index is -1.86. The molecule has 1 atom stereocenters. The summed E-state index contributed by atoms with van der Waals surface area (Å²) in [6, 6.07) is 12.6. The largest absolute Gasteiger partial charge is 0.483 e. The number of hydrogen-bond acceptors (Lipinski definition) is 7. The van der Waals surface area contributed by atoms with Gasteiger partial charge in [0.25, 0.3) is 5.91 Å². The third-order valence-corrected chi connectivity index (χ3v) is 13.3. The Morgan fingerprint density at radius 1 is 1.13 bits per heavy atom. The van der Waals surface area contributed by atoms with Crippen molar-refractivity contribution in [2.75, 3.05) is 6.61 Å². The highest BCUT2D eigenvalue weighted by Gasteiger charge is 2.37. The number of aromatic nitrogens is 3. The Balaban J connectivity index is 1.50. The number of aryl methyl sites for hydroxylation is 1. The molecule has 2 aromatic carbocycles. The number of benzene rings is 2. The van der Waals surface area contributed by atoms with Gasteiger partial charge < -0.3 is 19.3 Å². The average Bonchev–Trinajstić information content (AvgIpc) is 3.37. The summed E-state index contributed by atoms with van der Waals surface area (Å²) in [6.45, 7) is 17.9. The Bertz CT molecular complexity index is 1990. The van der Waals surface area contributed by atoms with E-state index in [-0.39, 0.29) is 27.1 Å². The molecule has 0 saturated carbocycles. The van der Waals surface area contributed by atoms with Crippen LogP contribution in [-0.2, 0) is 11.0 Å². The number of pyridine rings is 1. The average molecular weight is 647 g/mol. The minimum Gasteiger partial charge on any atom is -0.483 e. The monoisotopic (exact) mass is 646 g/mol. The normalized spacial score (nSPS) is 13.0. The van der Waals surface area contributed by atoms with Gasteiger partial charge in [-0.05, 0) is 86.9 Å². The second kappa shape index (κ2) is 12.1. The lowest BCUT2D eigenvalue weighted by molar-refractivity contribution is 0.0988. The summed E-state index contributed by atoms with van der Waals surface area (Å²) in [5.41, 5.74) is 9.32. The first kappa shape index (κ1) is 32.4. The van der Waals surface area contributed by atoms with Gasteiger partial charge in [0.1, 0.15) is 22.6 Å². The van der Waals surface area contributed by atoms with Crippen LogP contribution in [-0.4, -0.2) is 35.6 Å². The Hall–Kier alpha value is -3.99. The first-order valence-corrected chi connectivity index (χ1v) is 18.2. The molecule has 0 fully saturated rings. The van der Waals surface area contributed by atoms with Crippen molar-refractivity contribution in [2.24, 2.45) is 5.73 Å². The van der Waals surface area contributed by atoms with Crippen LogP contribution in [0, 0.1) is 13.8 Å². The van der Waals surface area contributed by atoms with E-state index >= 15 is 0 Å². The summed E-state index contributed by atoms with van der Waals surface area (Å²) < 4.78 is 20.9. The maximum atomic E-state index is 13.7. The van der Waals surface area contributed by atoms with Crippen molar-refractivity contribution in [1.82, 2.24) is 14.8 Å². The number of carbonyl (C=O) groups is 1. The number of carbonyl (C=O) groups excluding carboxylic acids is 1. The fourth-order valence-corrected chi connectivity index (χ4v) is 6.22. The van der Waals surface area contributed by atoms with Crippen LogP contribution in [0.15, 0.2) is 57.9 Å². The molecule has 45 heavy (non-hydrogen) atoms. The fraction of sp³-hybridized carbons (Fsp3) is 0.353. The van der Waals surface area contributed by atoms with E-state index in [4.69, 9.17) is 36.0 Å². The predicted molar refractivity (Wildman–Crippen MR) is 181 cm³/mol. The molecule has 9 nitrogen and oxygen atoms in total. The van der Waals surface area contributed by atoms with E-state index in [1.807, 2.05) is 55.1 Å². The molecule has 0 spiro atoms. The Labute approximate surface area is 268 Å². The Kier molecular flexibility index (Phi) is 8.69. The highest BCUT2D eigenvalue weighted by molar-refractivity contribution is 6.74. The van der Waals surface area contributed by atoms with Crippen molar-refractivity contribution in [3.8, 4) is 17.1 Å². The predicted octanol–water partition coefficient (Wildman–Crippen LogP) is 7.74. The van der Waals surface area contributed by atoms with Gasteiger partial charge >= 0.3 is 0 Å². The standard InChI is InChI=1S/C34H39ClN4O5Si/c1-19-15-24(21(3)43-27-11-12-28(35)37-29(27)33(36)41)32-25(16-19)30(40)20(2)31(44-32)22-9-10-26-23(17-22)18-39(38-26)13-14-42-45(7,8)34(4,5)6/h9-12,15-18,21H,13-14H2,1-8H3,(H2,36,41)/t21-/m1/s1. The number of primary amides is 1. The molecule has 0 aliphatic rings. The molecule has 1 amide bonds. The van der Waals surface area contributed by atoms with Crippen LogP contribution < -0.4 is 15.9 Å². The van der Waals surface area contributed by atoms with E-state index in [0.717, 1.165) is 22.0 Å². The van der Waals surface area contributed by atoms with E-state index < -0.39 is 20.3 Å². The fourth-order valence-electron chi connectivity index (χ4n) is 5.04. The van der Waals surface area contributed by atoms with Gasteiger partial charge in [-0.2, -0.15) is 5.10 Å². The molecule has 5 aromatic rings. The van der Waals surface area contributed by atoms with Gasteiger partial charge in [-0.15, -0.1) is 0 Å². The van der Waals surface area contributed by atoms with Gasteiger partial charge in [0.2, 0.25) is 0 Å². The van der Waals surface area contributed by atoms with Gasteiger partial charge in [-0.1, -0.05) is 32.4 Å². The highest BCUT2D eigenvalue weighted by atomic mass is 35.5. The minimum absolute atomic E-state index is 0.0790. The van der Waals surface area contributed by atoms with Crippen molar-refractivity contribution in [3.05, 3.63) is 86.4 Å². The van der Waals surface area contributed by atoms with Gasteiger partial charge in [0, 0.05) is 28.3 Å². The molecule has 11 heteroatoms. The molecule has 236 valence electrons. The van der Waals surface area contributed by atoms with Gasteiger partial charge in [0.15, 0.2) is 25.2 Å². The molecule has 0 aliphatic carbocycles. The second-order valence-corrected chi connectivity index (χ2v) is 18.2. The molecule has 5 rings (SSSR count). The summed E-state index contributed by atoms with van der Waals surface area (Å²) in [5, 5.41) is 6.36. The summed E-state index contributed by atoms with van der Waals surface area (Å²) in [5.74, 6) is -0.118. The zero-order valence-corrected chi connectivity index (χ0v) is 28.7. The molecule has 0 aliphatic heterocycles. The first-order valence-electron chi connectivity index (χ1n) is 14.9. The zero-order chi connectivity index (χ0) is 32.8. The summed E-state index contributed by atoms with van der Waals surface area (Å²) in [7, 11) is -1.86. The van der Waals surface area contributed by atoms with Crippen LogP contribution in [0.2, 0.25) is 23.3 Å². The topological polar surface area (TPSA) is 122 Å². The summed E-state index contributed by atoms with van der Waals surface area (Å²) in [4.78, 5) is 29.7. The van der Waals surface area contributed by atoms with Crippen molar-refractivity contribution >= 4 is 47.7 Å². The number of halogens is 1. The van der Waals surface area contributed by atoms with Crippen molar-refractivity contribution in [3.63, 3.8) is 0 Å². The Morgan fingerprint density at radius 2 is 1.87 bits per heavy atom. The maximum Gasteiger partial charge on any atom is 0.271 e. The number of nitrogens with zero attached hydrogens (tertiary/aromatic N) is 3. The Morgan fingerprint density at radius 3 is 2.56 bits per heavy atom. The van der Waals surface area contributed by atoms with Crippen molar-refractivity contribution in [2.45, 2.75) is 72.3 Å². The molecule has 3 aromatic heterocycles. The molecular weight excluding hydrogens is 608 g/mol. The van der Waals surface area contributed by atoms with Gasteiger partial charge in [-0.3, -0.25) is 14.3 Å². The van der Waals surface area contributed by atoms with E-state index in [9.17, 15) is 9.59 Å². The van der Waals surface area contributed by atoms with Crippen LogP contribution in [0.3, 0.4) is 0 Å². The van der Waals surface area contributed by atoms with Crippen LogP contribution >= 0.6 is 11.6 Å². The smallest absolute Gasteiger partial charge is 0.271 e. The number of fused-ring (bicyclic) bond motifs is 2.